The van der Waals surface area contributed by atoms with Crippen LogP contribution >= 0.6 is 11.6 Å². The molecule has 1 nitrogen and oxygen atoms in total. The number of ether oxygens (including phenoxy) is 1. The molecule has 0 spiro atoms. The maximum atomic E-state index is 6.13. The van der Waals surface area contributed by atoms with Crippen LogP contribution in [0.2, 0.25) is 0 Å². The van der Waals surface area contributed by atoms with Crippen LogP contribution < -0.4 is 4.74 Å². The molecule has 0 bridgehead atoms. The van der Waals surface area contributed by atoms with Crippen LogP contribution in [0.1, 0.15) is 29.2 Å². The predicted molar refractivity (Wildman–Crippen MR) is 81.1 cm³/mol. The number of hydrogen-bond donors (Lipinski definition) is 0. The Bertz CT molecular complexity index is 519. The van der Waals surface area contributed by atoms with Crippen LogP contribution in [-0.2, 0) is 0 Å². The molecule has 0 aliphatic rings. The van der Waals surface area contributed by atoms with E-state index in [9.17, 15) is 0 Å². The van der Waals surface area contributed by atoms with Crippen LogP contribution in [0.15, 0.2) is 48.5 Å². The third-order valence-electron chi connectivity index (χ3n) is 3.18. The average molecular weight is 275 g/mol. The van der Waals surface area contributed by atoms with Gasteiger partial charge in [-0.15, -0.1) is 11.6 Å². The summed E-state index contributed by atoms with van der Waals surface area (Å²) in [7, 11) is 0. The Morgan fingerprint density at radius 3 is 2.32 bits per heavy atom. The molecule has 0 N–H and O–H groups in total. The molecule has 0 amide bonds. The van der Waals surface area contributed by atoms with Gasteiger partial charge >= 0.3 is 0 Å². The van der Waals surface area contributed by atoms with Crippen molar-refractivity contribution in [1.29, 1.82) is 0 Å². The van der Waals surface area contributed by atoms with Gasteiger partial charge in [0, 0.05) is 12.3 Å². The maximum absolute atomic E-state index is 6.13. The highest BCUT2D eigenvalue weighted by molar-refractivity contribution is 6.17. The molecule has 2 heteroatoms. The first-order valence-corrected chi connectivity index (χ1v) is 7.09. The van der Waals surface area contributed by atoms with Crippen molar-refractivity contribution in [2.24, 2.45) is 0 Å². The van der Waals surface area contributed by atoms with E-state index < -0.39 is 0 Å². The largest absolute Gasteiger partial charge is 0.485 e. The van der Waals surface area contributed by atoms with Crippen molar-refractivity contribution in [3.05, 3.63) is 65.2 Å². The van der Waals surface area contributed by atoms with Crippen molar-refractivity contribution in [1.82, 2.24) is 0 Å². The zero-order chi connectivity index (χ0) is 13.7. The lowest BCUT2D eigenvalue weighted by molar-refractivity contribution is 0.201. The van der Waals surface area contributed by atoms with Gasteiger partial charge in [-0.1, -0.05) is 48.0 Å². The van der Waals surface area contributed by atoms with Crippen molar-refractivity contribution in [2.45, 2.75) is 26.4 Å². The van der Waals surface area contributed by atoms with E-state index in [0.29, 0.717) is 5.88 Å². The number of halogens is 1. The van der Waals surface area contributed by atoms with Gasteiger partial charge in [0.25, 0.3) is 0 Å². The first-order chi connectivity index (χ1) is 9.20. The zero-order valence-corrected chi connectivity index (χ0v) is 12.2. The Morgan fingerprint density at radius 2 is 1.68 bits per heavy atom. The second-order valence-corrected chi connectivity index (χ2v) is 5.14. The molecule has 0 saturated heterocycles. The Balaban J connectivity index is 2.21. The predicted octanol–water partition coefficient (Wildman–Crippen LogP) is 5.05. The first kappa shape index (κ1) is 14.0. The number of alkyl halides is 1. The minimum atomic E-state index is 0.0131. The van der Waals surface area contributed by atoms with E-state index in [4.69, 9.17) is 16.3 Å². The Hall–Kier alpha value is -1.47. The second-order valence-electron chi connectivity index (χ2n) is 4.76. The minimum absolute atomic E-state index is 0.0131. The highest BCUT2D eigenvalue weighted by Crippen LogP contribution is 2.27. The van der Waals surface area contributed by atoms with Crippen LogP contribution in [0.5, 0.6) is 5.75 Å². The summed E-state index contributed by atoms with van der Waals surface area (Å²) in [6, 6.07) is 16.5. The van der Waals surface area contributed by atoms with E-state index in [2.05, 4.69) is 44.2 Å². The number of benzene rings is 2. The lowest BCUT2D eigenvalue weighted by atomic mass is 10.1. The summed E-state index contributed by atoms with van der Waals surface area (Å²) in [5.74, 6) is 1.52. The van der Waals surface area contributed by atoms with Crippen molar-refractivity contribution < 1.29 is 4.74 Å². The molecule has 0 heterocycles. The van der Waals surface area contributed by atoms with Gasteiger partial charge in [0.05, 0.1) is 0 Å². The van der Waals surface area contributed by atoms with Crippen molar-refractivity contribution >= 4 is 11.6 Å². The van der Waals surface area contributed by atoms with E-state index in [0.717, 1.165) is 17.7 Å². The van der Waals surface area contributed by atoms with Crippen molar-refractivity contribution in [3.8, 4) is 5.75 Å². The summed E-state index contributed by atoms with van der Waals surface area (Å²) in [4.78, 5) is 0. The average Bonchev–Trinajstić information content (AvgIpc) is 2.42. The lowest BCUT2D eigenvalue weighted by Crippen LogP contribution is -2.09. The SMILES string of the molecule is Cc1ccc(C(CCCl)Oc2ccccc2C)cc1. The van der Waals surface area contributed by atoms with Gasteiger partial charge in [0.1, 0.15) is 11.9 Å². The molecule has 0 radical (unpaired) electrons. The Labute approximate surface area is 120 Å². The number of para-hydroxylation sites is 1. The van der Waals surface area contributed by atoms with Crippen LogP contribution in [0.25, 0.3) is 0 Å². The van der Waals surface area contributed by atoms with Gasteiger partial charge in [0.15, 0.2) is 0 Å². The summed E-state index contributed by atoms with van der Waals surface area (Å²) < 4.78 is 6.13. The molecular weight excluding hydrogens is 256 g/mol. The van der Waals surface area contributed by atoms with Crippen molar-refractivity contribution in [3.63, 3.8) is 0 Å². The number of hydrogen-bond acceptors (Lipinski definition) is 1. The molecule has 0 fully saturated rings. The summed E-state index contributed by atoms with van der Waals surface area (Å²) in [5, 5.41) is 0. The van der Waals surface area contributed by atoms with Gasteiger partial charge in [-0.3, -0.25) is 0 Å². The monoisotopic (exact) mass is 274 g/mol. The fourth-order valence-corrected chi connectivity index (χ4v) is 2.21. The maximum Gasteiger partial charge on any atom is 0.125 e. The van der Waals surface area contributed by atoms with Crippen LogP contribution in [0, 0.1) is 13.8 Å². The summed E-state index contributed by atoms with van der Waals surface area (Å²) >= 11 is 5.90. The highest BCUT2D eigenvalue weighted by Gasteiger charge is 2.13. The second kappa shape index (κ2) is 6.63. The fraction of sp³-hybridized carbons (Fsp3) is 0.294. The van der Waals surface area contributed by atoms with Gasteiger partial charge < -0.3 is 4.74 Å². The molecule has 2 rings (SSSR count). The lowest BCUT2D eigenvalue weighted by Gasteiger charge is -2.20. The standard InChI is InChI=1S/C17H19ClO/c1-13-7-9-15(10-8-13)17(11-12-18)19-16-6-4-3-5-14(16)2/h3-10,17H,11-12H2,1-2H3. The molecule has 0 aliphatic carbocycles. The summed E-state index contributed by atoms with van der Waals surface area (Å²) in [6.45, 7) is 4.14. The highest BCUT2D eigenvalue weighted by atomic mass is 35.5. The molecule has 0 aromatic heterocycles. The van der Waals surface area contributed by atoms with E-state index in [1.54, 1.807) is 0 Å². The first-order valence-electron chi connectivity index (χ1n) is 6.55. The fourth-order valence-electron chi connectivity index (χ4n) is 2.02. The number of rotatable bonds is 5. The van der Waals surface area contributed by atoms with Gasteiger partial charge in [-0.25, -0.2) is 0 Å². The van der Waals surface area contributed by atoms with Crippen molar-refractivity contribution in [2.75, 3.05) is 5.88 Å². The molecule has 0 aliphatic heterocycles. The van der Waals surface area contributed by atoms with Crippen LogP contribution in [0.4, 0.5) is 0 Å². The third kappa shape index (κ3) is 3.74. The quantitative estimate of drug-likeness (QED) is 0.693. The molecule has 100 valence electrons. The zero-order valence-electron chi connectivity index (χ0n) is 11.4. The van der Waals surface area contributed by atoms with E-state index >= 15 is 0 Å². The molecule has 1 unspecified atom stereocenters. The Morgan fingerprint density at radius 1 is 1.00 bits per heavy atom. The summed E-state index contributed by atoms with van der Waals surface area (Å²) in [5.41, 5.74) is 3.58. The van der Waals surface area contributed by atoms with E-state index in [-0.39, 0.29) is 6.10 Å². The van der Waals surface area contributed by atoms with Gasteiger partial charge in [-0.2, -0.15) is 0 Å². The molecular formula is C17H19ClO. The molecule has 1 atom stereocenters. The molecule has 2 aromatic carbocycles. The van der Waals surface area contributed by atoms with E-state index in [1.165, 1.54) is 11.1 Å². The molecule has 0 saturated carbocycles. The topological polar surface area (TPSA) is 9.23 Å². The Kier molecular flexibility index (Phi) is 4.86. The van der Waals surface area contributed by atoms with Crippen LogP contribution in [-0.4, -0.2) is 5.88 Å². The normalized spacial score (nSPS) is 12.2. The molecule has 2 aromatic rings. The third-order valence-corrected chi connectivity index (χ3v) is 3.40. The van der Waals surface area contributed by atoms with E-state index in [1.807, 2.05) is 18.2 Å². The minimum Gasteiger partial charge on any atom is -0.485 e. The smallest absolute Gasteiger partial charge is 0.125 e. The van der Waals surface area contributed by atoms with Gasteiger partial charge in [0.2, 0.25) is 0 Å². The number of aryl methyl sites for hydroxylation is 2. The van der Waals surface area contributed by atoms with Crippen LogP contribution in [0.3, 0.4) is 0 Å². The summed E-state index contributed by atoms with van der Waals surface area (Å²) in [6.07, 6.45) is 0.818. The molecule has 19 heavy (non-hydrogen) atoms. The van der Waals surface area contributed by atoms with Gasteiger partial charge in [-0.05, 0) is 31.0 Å².